The number of carbonyl (C=O) groups is 1. The molecule has 1 aliphatic carbocycles. The lowest BCUT2D eigenvalue weighted by Crippen LogP contribution is -2.07. The van der Waals surface area contributed by atoms with Crippen molar-refractivity contribution in [1.82, 2.24) is 0 Å². The van der Waals surface area contributed by atoms with E-state index < -0.39 is 0 Å². The minimum atomic E-state index is 0.413. The molecule has 1 nitrogen and oxygen atoms in total. The Morgan fingerprint density at radius 1 is 1.47 bits per heavy atom. The highest BCUT2D eigenvalue weighted by atomic mass is 79.9. The van der Waals surface area contributed by atoms with E-state index in [9.17, 15) is 4.79 Å². The maximum absolute atomic E-state index is 11.8. The van der Waals surface area contributed by atoms with Gasteiger partial charge in [-0.3, -0.25) is 4.79 Å². The molecule has 0 spiro atoms. The molecule has 0 N–H and O–H groups in total. The van der Waals surface area contributed by atoms with Crippen molar-refractivity contribution in [3.05, 3.63) is 20.8 Å². The highest BCUT2D eigenvalue weighted by Gasteiger charge is 2.18. The molecule has 0 saturated heterocycles. The molecule has 1 heterocycles. The molecule has 1 fully saturated rings. The van der Waals surface area contributed by atoms with Gasteiger partial charge in [-0.2, -0.15) is 0 Å². The third-order valence-corrected chi connectivity index (χ3v) is 4.68. The summed E-state index contributed by atoms with van der Waals surface area (Å²) in [5.41, 5.74) is 0. The predicted molar refractivity (Wildman–Crippen MR) is 67.3 cm³/mol. The van der Waals surface area contributed by atoms with E-state index in [1.54, 1.807) is 11.3 Å². The summed E-state index contributed by atoms with van der Waals surface area (Å²) in [6.07, 6.45) is 6.60. The van der Waals surface area contributed by atoms with Crippen molar-refractivity contribution in [3.63, 3.8) is 0 Å². The molecule has 0 radical (unpaired) electrons. The Hall–Kier alpha value is -0.150. The molecule has 1 saturated carbocycles. The minimum absolute atomic E-state index is 0.413. The van der Waals surface area contributed by atoms with Crippen LogP contribution in [0.1, 0.15) is 37.0 Å². The van der Waals surface area contributed by atoms with E-state index in [4.69, 9.17) is 0 Å². The van der Waals surface area contributed by atoms with Crippen molar-refractivity contribution < 1.29 is 4.79 Å². The molecule has 2 rings (SSSR count). The molecular weight excluding hydrogens is 272 g/mol. The zero-order chi connectivity index (χ0) is 10.7. The number of thiophene rings is 1. The van der Waals surface area contributed by atoms with Gasteiger partial charge in [-0.25, -0.2) is 0 Å². The van der Waals surface area contributed by atoms with Crippen molar-refractivity contribution in [3.8, 4) is 0 Å². The normalized spacial score (nSPS) is 17.1. The number of Topliss-reactive ketones (excluding diaryl/α,β-unsaturated/α-hetero) is 1. The maximum atomic E-state index is 11.8. The van der Waals surface area contributed by atoms with Gasteiger partial charge < -0.3 is 0 Å². The highest BCUT2D eigenvalue weighted by Crippen LogP contribution is 2.28. The van der Waals surface area contributed by atoms with Crippen molar-refractivity contribution >= 4 is 33.0 Å². The van der Waals surface area contributed by atoms with E-state index in [1.165, 1.54) is 30.6 Å². The van der Waals surface area contributed by atoms with Gasteiger partial charge >= 0.3 is 0 Å². The molecule has 15 heavy (non-hydrogen) atoms. The number of hydrogen-bond donors (Lipinski definition) is 0. The fourth-order valence-electron chi connectivity index (χ4n) is 2.25. The predicted octanol–water partition coefficient (Wildman–Crippen LogP) is 4.20. The summed E-state index contributed by atoms with van der Waals surface area (Å²) < 4.78 is 1.09. The third kappa shape index (κ3) is 3.42. The van der Waals surface area contributed by atoms with E-state index >= 15 is 0 Å². The SMILES string of the molecule is O=C(Cc1cc(Br)cs1)CC1CCCC1. The number of hydrogen-bond acceptors (Lipinski definition) is 2. The fraction of sp³-hybridized carbons (Fsp3) is 0.583. The van der Waals surface area contributed by atoms with Gasteiger partial charge in [0.05, 0.1) is 0 Å². The van der Waals surface area contributed by atoms with Crippen LogP contribution in [0.2, 0.25) is 0 Å². The fourth-order valence-corrected chi connectivity index (χ4v) is 3.73. The second kappa shape index (κ2) is 5.26. The minimum Gasteiger partial charge on any atom is -0.299 e. The van der Waals surface area contributed by atoms with Gasteiger partial charge in [0.25, 0.3) is 0 Å². The first kappa shape index (κ1) is 11.3. The van der Waals surface area contributed by atoms with Gasteiger partial charge in [0.1, 0.15) is 5.78 Å². The van der Waals surface area contributed by atoms with E-state index in [0.29, 0.717) is 18.1 Å². The molecule has 0 aliphatic heterocycles. The van der Waals surface area contributed by atoms with Crippen LogP contribution in [-0.2, 0) is 11.2 Å². The summed E-state index contributed by atoms with van der Waals surface area (Å²) in [7, 11) is 0. The number of carbonyl (C=O) groups excluding carboxylic acids is 1. The zero-order valence-electron chi connectivity index (χ0n) is 8.67. The molecule has 0 amide bonds. The van der Waals surface area contributed by atoms with Crippen LogP contribution in [-0.4, -0.2) is 5.78 Å². The summed E-state index contributed by atoms with van der Waals surface area (Å²) in [4.78, 5) is 13.0. The van der Waals surface area contributed by atoms with Crippen LogP contribution < -0.4 is 0 Å². The Morgan fingerprint density at radius 3 is 2.80 bits per heavy atom. The summed E-state index contributed by atoms with van der Waals surface area (Å²) in [5.74, 6) is 1.09. The van der Waals surface area contributed by atoms with Crippen LogP contribution in [0.25, 0.3) is 0 Å². The van der Waals surface area contributed by atoms with Crippen molar-refractivity contribution in [2.45, 2.75) is 38.5 Å². The van der Waals surface area contributed by atoms with Crippen LogP contribution in [0.5, 0.6) is 0 Å². The summed E-state index contributed by atoms with van der Waals surface area (Å²) in [6.45, 7) is 0. The number of rotatable bonds is 4. The average molecular weight is 287 g/mol. The van der Waals surface area contributed by atoms with Gasteiger partial charge in [0.2, 0.25) is 0 Å². The van der Waals surface area contributed by atoms with Gasteiger partial charge in [-0.05, 0) is 27.9 Å². The molecule has 0 bridgehead atoms. The first-order valence-corrected chi connectivity index (χ1v) is 7.16. The van der Waals surface area contributed by atoms with E-state index in [1.807, 2.05) is 5.38 Å². The first-order valence-electron chi connectivity index (χ1n) is 5.48. The summed E-state index contributed by atoms with van der Waals surface area (Å²) in [5, 5.41) is 2.04. The first-order chi connectivity index (χ1) is 7.24. The Balaban J connectivity index is 1.81. The molecule has 0 atom stereocenters. The van der Waals surface area contributed by atoms with Gasteiger partial charge in [-0.1, -0.05) is 25.7 Å². The molecule has 1 aromatic rings. The number of ketones is 1. The standard InChI is InChI=1S/C12H15BrOS/c13-10-6-12(15-8-10)7-11(14)5-9-3-1-2-4-9/h6,8-9H,1-5,7H2. The van der Waals surface area contributed by atoms with Crippen molar-refractivity contribution in [2.75, 3.05) is 0 Å². The van der Waals surface area contributed by atoms with Crippen molar-refractivity contribution in [1.29, 1.82) is 0 Å². The van der Waals surface area contributed by atoms with E-state index in [-0.39, 0.29) is 0 Å². The molecular formula is C12H15BrOS. The highest BCUT2D eigenvalue weighted by molar-refractivity contribution is 9.10. The van der Waals surface area contributed by atoms with Crippen LogP contribution in [0.3, 0.4) is 0 Å². The summed E-state index contributed by atoms with van der Waals surface area (Å²) in [6, 6.07) is 2.05. The van der Waals surface area contributed by atoms with Crippen LogP contribution in [0, 0.1) is 5.92 Å². The smallest absolute Gasteiger partial charge is 0.138 e. The molecule has 0 unspecified atom stereocenters. The Labute approximate surface area is 103 Å². The third-order valence-electron chi connectivity index (χ3n) is 2.98. The van der Waals surface area contributed by atoms with Crippen molar-refractivity contribution in [2.24, 2.45) is 5.92 Å². The van der Waals surface area contributed by atoms with E-state index in [0.717, 1.165) is 10.9 Å². The maximum Gasteiger partial charge on any atom is 0.138 e. The molecule has 82 valence electrons. The second-order valence-corrected chi connectivity index (χ2v) is 6.21. The zero-order valence-corrected chi connectivity index (χ0v) is 11.1. The molecule has 0 aromatic carbocycles. The van der Waals surface area contributed by atoms with Gasteiger partial charge in [0.15, 0.2) is 0 Å². The lowest BCUT2D eigenvalue weighted by Gasteiger charge is -2.06. The Kier molecular flexibility index (Phi) is 3.98. The van der Waals surface area contributed by atoms with Crippen LogP contribution in [0.4, 0.5) is 0 Å². The molecule has 1 aromatic heterocycles. The lowest BCUT2D eigenvalue weighted by molar-refractivity contribution is -0.119. The topological polar surface area (TPSA) is 17.1 Å². The van der Waals surface area contributed by atoms with Gasteiger partial charge in [0, 0.05) is 27.6 Å². The molecule has 3 heteroatoms. The average Bonchev–Trinajstić information content (AvgIpc) is 2.77. The van der Waals surface area contributed by atoms with Crippen LogP contribution in [0.15, 0.2) is 15.9 Å². The Morgan fingerprint density at radius 2 is 2.20 bits per heavy atom. The quantitative estimate of drug-likeness (QED) is 0.811. The Bertz CT molecular complexity index is 339. The second-order valence-electron chi connectivity index (χ2n) is 4.30. The monoisotopic (exact) mass is 286 g/mol. The summed E-state index contributed by atoms with van der Waals surface area (Å²) >= 11 is 5.08. The van der Waals surface area contributed by atoms with E-state index in [2.05, 4.69) is 22.0 Å². The largest absolute Gasteiger partial charge is 0.299 e. The lowest BCUT2D eigenvalue weighted by atomic mass is 9.99. The molecule has 1 aliphatic rings. The number of halogens is 1. The van der Waals surface area contributed by atoms with Gasteiger partial charge in [-0.15, -0.1) is 11.3 Å². The van der Waals surface area contributed by atoms with Crippen LogP contribution >= 0.6 is 27.3 Å².